The average Bonchev–Trinajstić information content (AvgIpc) is 3.44. The lowest BCUT2D eigenvalue weighted by Crippen LogP contribution is -2.25. The van der Waals surface area contributed by atoms with Gasteiger partial charge in [-0.2, -0.15) is 10.2 Å². The van der Waals surface area contributed by atoms with Gasteiger partial charge in [0.25, 0.3) is 5.91 Å². The first-order valence-corrected chi connectivity index (χ1v) is 12.6. The summed E-state index contributed by atoms with van der Waals surface area (Å²) in [6.07, 6.45) is 7.65. The highest BCUT2D eigenvalue weighted by Crippen LogP contribution is 2.34. The van der Waals surface area contributed by atoms with Crippen molar-refractivity contribution in [1.29, 1.82) is 0 Å². The van der Waals surface area contributed by atoms with E-state index in [1.54, 1.807) is 26.4 Å². The Morgan fingerprint density at radius 1 is 1.33 bits per heavy atom. The van der Waals surface area contributed by atoms with Gasteiger partial charge in [0.2, 0.25) is 5.88 Å². The smallest absolute Gasteiger partial charge is 0.273 e. The van der Waals surface area contributed by atoms with Gasteiger partial charge in [-0.3, -0.25) is 9.48 Å². The molecule has 2 aromatic rings. The molecule has 36 heavy (non-hydrogen) atoms. The van der Waals surface area contributed by atoms with Crippen molar-refractivity contribution in [2.75, 3.05) is 14.2 Å². The van der Waals surface area contributed by atoms with Crippen LogP contribution in [0.4, 0.5) is 0 Å². The summed E-state index contributed by atoms with van der Waals surface area (Å²) in [4.78, 5) is 12.7. The lowest BCUT2D eigenvalue weighted by atomic mass is 10.0. The van der Waals surface area contributed by atoms with Gasteiger partial charge in [-0.15, -0.1) is 5.10 Å². The van der Waals surface area contributed by atoms with Gasteiger partial charge in [-0.05, 0) is 43.4 Å². The average molecular weight is 499 g/mol. The van der Waals surface area contributed by atoms with Crippen molar-refractivity contribution in [2.45, 2.75) is 72.0 Å². The summed E-state index contributed by atoms with van der Waals surface area (Å²) in [6.45, 7) is 12.9. The Bertz CT molecular complexity index is 1030. The molecule has 0 saturated heterocycles. The van der Waals surface area contributed by atoms with Crippen LogP contribution in [0, 0.1) is 5.92 Å². The minimum Gasteiger partial charge on any atom is -0.473 e. The zero-order chi connectivity index (χ0) is 26.7. The molecule has 9 nitrogen and oxygen atoms in total. The number of allylic oxidation sites excluding steroid dienone is 2. The van der Waals surface area contributed by atoms with Crippen molar-refractivity contribution in [3.05, 3.63) is 59.3 Å². The molecule has 1 amide bonds. The largest absolute Gasteiger partial charge is 0.473 e. The van der Waals surface area contributed by atoms with E-state index in [-0.39, 0.29) is 17.9 Å². The summed E-state index contributed by atoms with van der Waals surface area (Å²) in [7, 11) is 5.20. The lowest BCUT2D eigenvalue weighted by molar-refractivity contribution is 0.0958. The van der Waals surface area contributed by atoms with Gasteiger partial charge in [-0.1, -0.05) is 40.7 Å². The first-order chi connectivity index (χ1) is 17.2. The summed E-state index contributed by atoms with van der Waals surface area (Å²) in [5, 5.41) is 18.6. The Morgan fingerprint density at radius 3 is 2.69 bits per heavy atom. The van der Waals surface area contributed by atoms with Crippen molar-refractivity contribution in [1.82, 2.24) is 30.6 Å². The quantitative estimate of drug-likeness (QED) is 0.465. The van der Waals surface area contributed by atoms with Crippen LogP contribution in [0.25, 0.3) is 0 Å². The maximum atomic E-state index is 12.7. The third-order valence-corrected chi connectivity index (χ3v) is 5.79. The zero-order valence-corrected chi connectivity index (χ0v) is 22.8. The van der Waals surface area contributed by atoms with Gasteiger partial charge in [0.1, 0.15) is 11.8 Å². The normalized spacial score (nSPS) is 17.4. The molecular weight excluding hydrogens is 456 g/mol. The molecule has 0 radical (unpaired) electrons. The summed E-state index contributed by atoms with van der Waals surface area (Å²) in [5.41, 5.74) is 3.74. The molecule has 1 aliphatic rings. The molecule has 0 aromatic carbocycles. The molecule has 2 aromatic heterocycles. The number of carbonyl (C=O) groups is 1. The van der Waals surface area contributed by atoms with Crippen LogP contribution in [0.15, 0.2) is 42.4 Å². The molecule has 1 saturated carbocycles. The van der Waals surface area contributed by atoms with E-state index in [9.17, 15) is 4.79 Å². The summed E-state index contributed by atoms with van der Waals surface area (Å²) < 4.78 is 12.8. The van der Waals surface area contributed by atoms with Crippen molar-refractivity contribution >= 4 is 5.91 Å². The molecule has 1 aliphatic carbocycles. The predicted molar refractivity (Wildman–Crippen MR) is 142 cm³/mol. The number of methoxy groups -OCH3 is 1. The molecule has 1 fully saturated rings. The predicted octanol–water partition coefficient (Wildman–Crippen LogP) is 4.49. The standard InChI is InChI=1S/C24H34N6O3.C3H8/c1-15(2)20-9-10-26-28-24(20)33-19-8-7-17(12-19)21(25-4)11-16(3)27-23(31)22-13-18(14-32-6)29-30(22)5;1-3-2/h9-11,13,15,17,19,25H,3,7-8,12,14H2,1-2,4-6H3,(H,27,31);3H2,1-2H3/b21-11-;/t17-,19+;/m1./s1. The number of aromatic nitrogens is 4. The number of hydrogen-bond donors (Lipinski definition) is 2. The summed E-state index contributed by atoms with van der Waals surface area (Å²) in [5.74, 6) is 0.949. The van der Waals surface area contributed by atoms with Gasteiger partial charge in [0.05, 0.1) is 18.5 Å². The number of ether oxygens (including phenoxy) is 2. The highest BCUT2D eigenvalue weighted by atomic mass is 16.5. The molecule has 3 rings (SSSR count). The van der Waals surface area contributed by atoms with Crippen LogP contribution in [0.2, 0.25) is 0 Å². The molecule has 2 atom stereocenters. The number of amides is 1. The number of rotatable bonds is 10. The Morgan fingerprint density at radius 2 is 2.06 bits per heavy atom. The minimum absolute atomic E-state index is 0.0671. The fourth-order valence-electron chi connectivity index (χ4n) is 4.13. The van der Waals surface area contributed by atoms with Crippen LogP contribution in [0.1, 0.15) is 81.0 Å². The van der Waals surface area contributed by atoms with Crippen LogP contribution in [-0.4, -0.2) is 46.1 Å². The van der Waals surface area contributed by atoms with Gasteiger partial charge in [0, 0.05) is 44.1 Å². The third-order valence-electron chi connectivity index (χ3n) is 5.79. The Balaban J connectivity index is 0.00000145. The van der Waals surface area contributed by atoms with Crippen LogP contribution in [0.5, 0.6) is 5.88 Å². The number of carbonyl (C=O) groups excluding carboxylic acids is 1. The second-order valence-electron chi connectivity index (χ2n) is 9.31. The van der Waals surface area contributed by atoms with E-state index in [0.29, 0.717) is 35.5 Å². The Hall–Kier alpha value is -3.20. The van der Waals surface area contributed by atoms with E-state index in [1.165, 1.54) is 11.1 Å². The highest BCUT2D eigenvalue weighted by molar-refractivity contribution is 5.94. The molecule has 0 aliphatic heterocycles. The molecule has 2 heterocycles. The first kappa shape index (κ1) is 29.0. The molecule has 0 spiro atoms. The fraction of sp³-hybridized carbons (Fsp3) is 0.556. The van der Waals surface area contributed by atoms with Crippen molar-refractivity contribution in [3.8, 4) is 5.88 Å². The summed E-state index contributed by atoms with van der Waals surface area (Å²) >= 11 is 0. The number of aryl methyl sites for hydroxylation is 1. The Labute approximate surface area is 215 Å². The van der Waals surface area contributed by atoms with E-state index >= 15 is 0 Å². The zero-order valence-electron chi connectivity index (χ0n) is 22.8. The van der Waals surface area contributed by atoms with E-state index in [0.717, 1.165) is 30.5 Å². The molecule has 0 unspecified atom stereocenters. The fourth-order valence-corrected chi connectivity index (χ4v) is 4.13. The maximum Gasteiger partial charge on any atom is 0.273 e. The third kappa shape index (κ3) is 8.19. The van der Waals surface area contributed by atoms with Gasteiger partial charge < -0.3 is 20.1 Å². The maximum absolute atomic E-state index is 12.7. The second-order valence-corrected chi connectivity index (χ2v) is 9.31. The molecule has 0 bridgehead atoms. The number of nitrogens with zero attached hydrogens (tertiary/aromatic N) is 4. The molecule has 2 N–H and O–H groups in total. The SMILES string of the molecule is C=C(/C=C(\NC)[C@@H]1CC[C@H](Oc2nnccc2C(C)C)C1)NC(=O)c1cc(COC)nn1C.CCC. The monoisotopic (exact) mass is 498 g/mol. The summed E-state index contributed by atoms with van der Waals surface area (Å²) in [6, 6.07) is 3.68. The highest BCUT2D eigenvalue weighted by Gasteiger charge is 2.30. The van der Waals surface area contributed by atoms with Crippen molar-refractivity contribution in [2.24, 2.45) is 13.0 Å². The number of hydrogen-bond acceptors (Lipinski definition) is 7. The minimum atomic E-state index is -0.263. The number of nitrogens with one attached hydrogen (secondary N) is 2. The van der Waals surface area contributed by atoms with Crippen LogP contribution >= 0.6 is 0 Å². The lowest BCUT2D eigenvalue weighted by Gasteiger charge is -2.18. The van der Waals surface area contributed by atoms with Crippen LogP contribution in [-0.2, 0) is 18.4 Å². The van der Waals surface area contributed by atoms with Gasteiger partial charge >= 0.3 is 0 Å². The molecule has 9 heteroatoms. The topological polar surface area (TPSA) is 103 Å². The van der Waals surface area contributed by atoms with Crippen molar-refractivity contribution in [3.63, 3.8) is 0 Å². The van der Waals surface area contributed by atoms with Crippen LogP contribution < -0.4 is 15.4 Å². The second kappa shape index (κ2) is 14.4. The van der Waals surface area contributed by atoms with E-state index < -0.39 is 0 Å². The first-order valence-electron chi connectivity index (χ1n) is 12.6. The molecule has 198 valence electrons. The van der Waals surface area contributed by atoms with E-state index in [4.69, 9.17) is 9.47 Å². The van der Waals surface area contributed by atoms with Gasteiger partial charge in [0.15, 0.2) is 0 Å². The van der Waals surface area contributed by atoms with E-state index in [1.807, 2.05) is 19.2 Å². The van der Waals surface area contributed by atoms with Crippen molar-refractivity contribution < 1.29 is 14.3 Å². The van der Waals surface area contributed by atoms with E-state index in [2.05, 4.69) is 60.2 Å². The van der Waals surface area contributed by atoms with Gasteiger partial charge in [-0.25, -0.2) is 0 Å². The van der Waals surface area contributed by atoms with Crippen LogP contribution in [0.3, 0.4) is 0 Å². The Kier molecular flexibility index (Phi) is 11.6. The molecular formula is C27H42N6O3.